The van der Waals surface area contributed by atoms with Gasteiger partial charge in [-0.25, -0.2) is 4.98 Å². The number of halogens is 1. The first-order chi connectivity index (χ1) is 6.22. The average Bonchev–Trinajstić information content (AvgIpc) is 2.47. The zero-order valence-corrected chi connectivity index (χ0v) is 8.86. The number of pyridine rings is 1. The van der Waals surface area contributed by atoms with Gasteiger partial charge < -0.3 is 0 Å². The van der Waals surface area contributed by atoms with Gasteiger partial charge in [0, 0.05) is 11.6 Å². The maximum absolute atomic E-state index is 5.94. The van der Waals surface area contributed by atoms with Gasteiger partial charge in [-0.15, -0.1) is 0 Å². The number of nitrogens with zero attached hydrogens (tertiary/aromatic N) is 1. The maximum atomic E-state index is 5.94. The number of hydrogen-bond donors (Lipinski definition) is 0. The van der Waals surface area contributed by atoms with Gasteiger partial charge >= 0.3 is 0 Å². The fourth-order valence-electron chi connectivity index (χ4n) is 2.20. The third kappa shape index (κ3) is 1.46. The van der Waals surface area contributed by atoms with Crippen LogP contribution >= 0.6 is 11.6 Å². The molecule has 2 heteroatoms. The Bertz CT molecular complexity index is 333. The molecule has 0 saturated carbocycles. The Labute approximate surface area is 84.1 Å². The molecule has 2 rings (SSSR count). The predicted molar refractivity (Wildman–Crippen MR) is 55.3 cm³/mol. The molecule has 1 aromatic heterocycles. The fourth-order valence-corrected chi connectivity index (χ4v) is 2.45. The van der Waals surface area contributed by atoms with Gasteiger partial charge in [0.25, 0.3) is 0 Å². The van der Waals surface area contributed by atoms with E-state index in [2.05, 4.69) is 18.8 Å². The first-order valence-corrected chi connectivity index (χ1v) is 5.26. The topological polar surface area (TPSA) is 12.9 Å². The Morgan fingerprint density at radius 3 is 3.08 bits per heavy atom. The van der Waals surface area contributed by atoms with Crippen molar-refractivity contribution >= 4 is 11.6 Å². The van der Waals surface area contributed by atoms with E-state index in [0.717, 1.165) is 0 Å². The molecule has 0 spiro atoms. The summed E-state index contributed by atoms with van der Waals surface area (Å²) in [5.41, 5.74) is 4.01. The highest BCUT2D eigenvalue weighted by Crippen LogP contribution is 2.36. The number of rotatable bonds is 1. The van der Waals surface area contributed by atoms with Gasteiger partial charge in [0.05, 0.1) is 0 Å². The first kappa shape index (κ1) is 9.01. The van der Waals surface area contributed by atoms with Crippen LogP contribution in [-0.4, -0.2) is 4.98 Å². The first-order valence-electron chi connectivity index (χ1n) is 4.88. The highest BCUT2D eigenvalue weighted by atomic mass is 35.5. The Kier molecular flexibility index (Phi) is 2.29. The van der Waals surface area contributed by atoms with Crippen molar-refractivity contribution in [3.05, 3.63) is 28.0 Å². The molecule has 1 aromatic rings. The van der Waals surface area contributed by atoms with E-state index in [1.165, 1.54) is 36.1 Å². The molecule has 13 heavy (non-hydrogen) atoms. The van der Waals surface area contributed by atoms with Crippen LogP contribution in [0.1, 0.15) is 42.5 Å². The van der Waals surface area contributed by atoms with Crippen molar-refractivity contribution in [1.29, 1.82) is 0 Å². The average molecular weight is 196 g/mol. The standard InChI is InChI=1S/C11H14ClN/c1-3-8-4-5-9-7(2)6-10(12)13-11(8)9/h6,8H,3-5H2,1-2H3. The molecule has 0 amide bonds. The summed E-state index contributed by atoms with van der Waals surface area (Å²) in [6.07, 6.45) is 3.61. The van der Waals surface area contributed by atoms with Crippen LogP contribution in [-0.2, 0) is 6.42 Å². The van der Waals surface area contributed by atoms with Crippen molar-refractivity contribution in [2.75, 3.05) is 0 Å². The van der Waals surface area contributed by atoms with E-state index >= 15 is 0 Å². The van der Waals surface area contributed by atoms with E-state index in [4.69, 9.17) is 11.6 Å². The molecule has 0 bridgehead atoms. The summed E-state index contributed by atoms with van der Waals surface area (Å²) in [7, 11) is 0. The molecule has 1 aliphatic rings. The summed E-state index contributed by atoms with van der Waals surface area (Å²) >= 11 is 5.94. The minimum Gasteiger partial charge on any atom is -0.241 e. The van der Waals surface area contributed by atoms with Crippen LogP contribution in [0.25, 0.3) is 0 Å². The third-order valence-corrected chi connectivity index (χ3v) is 3.16. The molecule has 0 saturated heterocycles. The Morgan fingerprint density at radius 1 is 1.62 bits per heavy atom. The second-order valence-electron chi connectivity index (χ2n) is 3.77. The fraction of sp³-hybridized carbons (Fsp3) is 0.545. The maximum Gasteiger partial charge on any atom is 0.129 e. The summed E-state index contributed by atoms with van der Waals surface area (Å²) in [6.45, 7) is 4.35. The molecule has 1 heterocycles. The smallest absolute Gasteiger partial charge is 0.129 e. The molecule has 0 aliphatic heterocycles. The lowest BCUT2D eigenvalue weighted by atomic mass is 10.0. The van der Waals surface area contributed by atoms with Gasteiger partial charge in [0.15, 0.2) is 0 Å². The quantitative estimate of drug-likeness (QED) is 0.626. The minimum atomic E-state index is 0.646. The molecule has 1 aliphatic carbocycles. The Balaban J connectivity index is 2.51. The number of fused-ring (bicyclic) bond motifs is 1. The van der Waals surface area contributed by atoms with Gasteiger partial charge in [-0.1, -0.05) is 18.5 Å². The van der Waals surface area contributed by atoms with Crippen LogP contribution in [0, 0.1) is 6.92 Å². The summed E-state index contributed by atoms with van der Waals surface area (Å²) in [4.78, 5) is 4.43. The van der Waals surface area contributed by atoms with Crippen molar-refractivity contribution in [2.45, 2.75) is 39.0 Å². The summed E-state index contributed by atoms with van der Waals surface area (Å²) in [5.74, 6) is 0.646. The third-order valence-electron chi connectivity index (χ3n) is 2.97. The molecule has 70 valence electrons. The molecule has 0 N–H and O–H groups in total. The number of aryl methyl sites for hydroxylation is 1. The van der Waals surface area contributed by atoms with E-state index in [1.807, 2.05) is 6.07 Å². The SMILES string of the molecule is CCC1CCc2c(C)cc(Cl)nc21. The molecule has 1 unspecified atom stereocenters. The minimum absolute atomic E-state index is 0.646. The van der Waals surface area contributed by atoms with Gasteiger partial charge in [0.2, 0.25) is 0 Å². The van der Waals surface area contributed by atoms with Crippen molar-refractivity contribution in [3.63, 3.8) is 0 Å². The van der Waals surface area contributed by atoms with Gasteiger partial charge in [-0.2, -0.15) is 0 Å². The van der Waals surface area contributed by atoms with E-state index in [1.54, 1.807) is 0 Å². The van der Waals surface area contributed by atoms with Crippen LogP contribution in [0.15, 0.2) is 6.07 Å². The highest BCUT2D eigenvalue weighted by Gasteiger charge is 2.24. The summed E-state index contributed by atoms with van der Waals surface area (Å²) in [6, 6.07) is 1.97. The zero-order chi connectivity index (χ0) is 9.42. The van der Waals surface area contributed by atoms with Gasteiger partial charge in [0.1, 0.15) is 5.15 Å². The Morgan fingerprint density at radius 2 is 2.38 bits per heavy atom. The van der Waals surface area contributed by atoms with E-state index in [9.17, 15) is 0 Å². The molecule has 1 atom stereocenters. The lowest BCUT2D eigenvalue weighted by Crippen LogP contribution is -1.96. The second-order valence-corrected chi connectivity index (χ2v) is 4.16. The number of aromatic nitrogens is 1. The van der Waals surface area contributed by atoms with Crippen LogP contribution < -0.4 is 0 Å². The van der Waals surface area contributed by atoms with Crippen LogP contribution in [0.3, 0.4) is 0 Å². The van der Waals surface area contributed by atoms with Crippen LogP contribution in [0.4, 0.5) is 0 Å². The van der Waals surface area contributed by atoms with Gasteiger partial charge in [-0.05, 0) is 43.4 Å². The second kappa shape index (κ2) is 3.30. The highest BCUT2D eigenvalue weighted by molar-refractivity contribution is 6.29. The summed E-state index contributed by atoms with van der Waals surface area (Å²) in [5, 5.41) is 0.650. The largest absolute Gasteiger partial charge is 0.241 e. The predicted octanol–water partition coefficient (Wildman–Crippen LogP) is 3.48. The van der Waals surface area contributed by atoms with Crippen molar-refractivity contribution in [1.82, 2.24) is 4.98 Å². The normalized spacial score (nSPS) is 20.4. The van der Waals surface area contributed by atoms with Crippen molar-refractivity contribution < 1.29 is 0 Å². The molecule has 0 aromatic carbocycles. The molecule has 0 radical (unpaired) electrons. The van der Waals surface area contributed by atoms with E-state index < -0.39 is 0 Å². The molecule has 0 fully saturated rings. The van der Waals surface area contributed by atoms with Crippen LogP contribution in [0.5, 0.6) is 0 Å². The summed E-state index contributed by atoms with van der Waals surface area (Å²) < 4.78 is 0. The monoisotopic (exact) mass is 195 g/mol. The van der Waals surface area contributed by atoms with E-state index in [0.29, 0.717) is 11.1 Å². The molecular formula is C11H14ClN. The lowest BCUT2D eigenvalue weighted by Gasteiger charge is -2.08. The lowest BCUT2D eigenvalue weighted by molar-refractivity contribution is 0.643. The van der Waals surface area contributed by atoms with Crippen molar-refractivity contribution in [2.24, 2.45) is 0 Å². The molecule has 1 nitrogen and oxygen atoms in total. The zero-order valence-electron chi connectivity index (χ0n) is 8.10. The van der Waals surface area contributed by atoms with Crippen LogP contribution in [0.2, 0.25) is 5.15 Å². The molecular weight excluding hydrogens is 182 g/mol. The Hall–Kier alpha value is -0.560. The van der Waals surface area contributed by atoms with Crippen molar-refractivity contribution in [3.8, 4) is 0 Å². The van der Waals surface area contributed by atoms with E-state index in [-0.39, 0.29) is 0 Å². The van der Waals surface area contributed by atoms with Gasteiger partial charge in [-0.3, -0.25) is 0 Å². The number of hydrogen-bond acceptors (Lipinski definition) is 1.